The molecule has 1 aromatic carbocycles. The molecule has 4 nitrogen and oxygen atoms in total. The van der Waals surface area contributed by atoms with Gasteiger partial charge in [0.25, 0.3) is 11.8 Å². The fraction of sp³-hybridized carbons (Fsp3) is 0.438. The van der Waals surface area contributed by atoms with Crippen LogP contribution in [0, 0.1) is 0 Å². The second-order valence-corrected chi connectivity index (χ2v) is 7.80. The lowest BCUT2D eigenvalue weighted by atomic mass is 10.1. The number of hydrogen-bond donors (Lipinski definition) is 0. The fourth-order valence-electron chi connectivity index (χ4n) is 2.84. The van der Waals surface area contributed by atoms with Gasteiger partial charge in [-0.25, -0.2) is 0 Å². The van der Waals surface area contributed by atoms with Crippen LogP contribution in [0.25, 0.3) is 0 Å². The van der Waals surface area contributed by atoms with E-state index in [2.05, 4.69) is 0 Å². The summed E-state index contributed by atoms with van der Waals surface area (Å²) >= 11 is 0. The number of hydrogen-bond acceptors (Lipinski definition) is 3. The van der Waals surface area contributed by atoms with E-state index in [4.69, 9.17) is 0 Å². The lowest BCUT2D eigenvalue weighted by Crippen LogP contribution is -2.33. The maximum Gasteiger partial charge on any atom is 0.261 e. The molecular weight excluding hydrogens is 286 g/mol. The summed E-state index contributed by atoms with van der Waals surface area (Å²) in [6, 6.07) is 6.83. The first-order valence-corrected chi connectivity index (χ1v) is 9.01. The third-order valence-electron chi connectivity index (χ3n) is 3.97. The van der Waals surface area contributed by atoms with Gasteiger partial charge in [0.2, 0.25) is 0 Å². The quantitative estimate of drug-likeness (QED) is 0.614. The average molecular weight is 304 g/mol. The molecular formula is C16H18NO3S+. The zero-order valence-corrected chi connectivity index (χ0v) is 12.7. The van der Waals surface area contributed by atoms with E-state index >= 15 is 0 Å². The summed E-state index contributed by atoms with van der Waals surface area (Å²) in [5.41, 5.74) is 0.903. The molecule has 5 heteroatoms. The minimum Gasteiger partial charge on any atom is -0.294 e. The number of ketones is 1. The number of nitrogens with zero attached hydrogens (tertiary/aromatic N) is 1. The summed E-state index contributed by atoms with van der Waals surface area (Å²) in [6.45, 7) is 0.211. The van der Waals surface area contributed by atoms with Crippen LogP contribution in [0.5, 0.6) is 0 Å². The highest BCUT2D eigenvalue weighted by molar-refractivity contribution is 7.97. The summed E-state index contributed by atoms with van der Waals surface area (Å²) in [6.07, 6.45) is 2.75. The summed E-state index contributed by atoms with van der Waals surface area (Å²) in [5, 5.41) is 0. The van der Waals surface area contributed by atoms with Gasteiger partial charge in [0.05, 0.1) is 11.1 Å². The standard InChI is InChI=1S/C16H18NO3S/c18-12(11-21-9-3-4-10-21)7-8-17-15(19)13-5-1-2-6-14(13)16(17)20/h1-2,5-6H,3-4,7-11H2/q+1. The predicted molar refractivity (Wildman–Crippen MR) is 82.6 cm³/mol. The smallest absolute Gasteiger partial charge is 0.261 e. The van der Waals surface area contributed by atoms with Gasteiger partial charge in [-0.3, -0.25) is 19.3 Å². The highest BCUT2D eigenvalue weighted by Crippen LogP contribution is 2.22. The number of fused-ring (bicyclic) bond motifs is 1. The molecule has 0 N–H and O–H groups in total. The largest absolute Gasteiger partial charge is 0.294 e. The first-order valence-electron chi connectivity index (χ1n) is 7.28. The Labute approximate surface area is 126 Å². The zero-order chi connectivity index (χ0) is 14.8. The van der Waals surface area contributed by atoms with Crippen molar-refractivity contribution < 1.29 is 14.4 Å². The van der Waals surface area contributed by atoms with Crippen molar-refractivity contribution in [1.29, 1.82) is 0 Å². The van der Waals surface area contributed by atoms with Gasteiger partial charge < -0.3 is 0 Å². The van der Waals surface area contributed by atoms with E-state index in [1.165, 1.54) is 29.2 Å². The molecule has 2 aliphatic heterocycles. The monoisotopic (exact) mass is 304 g/mol. The zero-order valence-electron chi connectivity index (χ0n) is 11.8. The molecule has 0 radical (unpaired) electrons. The van der Waals surface area contributed by atoms with Crippen LogP contribution in [0.1, 0.15) is 40.0 Å². The van der Waals surface area contributed by atoms with Gasteiger partial charge in [0, 0.05) is 13.0 Å². The number of rotatable bonds is 5. The fourth-order valence-corrected chi connectivity index (χ4v) is 5.15. The van der Waals surface area contributed by atoms with E-state index < -0.39 is 0 Å². The minimum absolute atomic E-state index is 0.178. The number of amides is 2. The average Bonchev–Trinajstić information content (AvgIpc) is 3.07. The highest BCUT2D eigenvalue weighted by atomic mass is 32.2. The summed E-state index contributed by atoms with van der Waals surface area (Å²) in [4.78, 5) is 37.5. The predicted octanol–water partition coefficient (Wildman–Crippen LogP) is 1.65. The van der Waals surface area contributed by atoms with Gasteiger partial charge in [-0.05, 0) is 35.9 Å². The molecule has 0 atom stereocenters. The maximum atomic E-state index is 12.2. The molecule has 0 saturated carbocycles. The van der Waals surface area contributed by atoms with E-state index in [0.717, 1.165) is 0 Å². The van der Waals surface area contributed by atoms with Crippen molar-refractivity contribution in [2.45, 2.75) is 19.3 Å². The first-order chi connectivity index (χ1) is 10.2. The van der Waals surface area contributed by atoms with Crippen LogP contribution in [0.4, 0.5) is 0 Å². The van der Waals surface area contributed by atoms with Gasteiger partial charge >= 0.3 is 0 Å². The van der Waals surface area contributed by atoms with Crippen LogP contribution in [-0.2, 0) is 15.7 Å². The first kappa shape index (κ1) is 14.3. The highest BCUT2D eigenvalue weighted by Gasteiger charge is 2.35. The Morgan fingerprint density at radius 3 is 2.19 bits per heavy atom. The lowest BCUT2D eigenvalue weighted by Gasteiger charge is -2.12. The van der Waals surface area contributed by atoms with Crippen molar-refractivity contribution in [2.75, 3.05) is 23.8 Å². The molecule has 1 aromatic rings. The Bertz CT molecular complexity index is 558. The Balaban J connectivity index is 1.58. The molecule has 21 heavy (non-hydrogen) atoms. The van der Waals surface area contributed by atoms with Gasteiger partial charge in [-0.2, -0.15) is 0 Å². The van der Waals surface area contributed by atoms with E-state index in [0.29, 0.717) is 16.9 Å². The van der Waals surface area contributed by atoms with Gasteiger partial charge in [-0.1, -0.05) is 12.1 Å². The molecule has 1 saturated heterocycles. The van der Waals surface area contributed by atoms with Gasteiger partial charge in [0.15, 0.2) is 11.5 Å². The van der Waals surface area contributed by atoms with E-state index in [-0.39, 0.29) is 41.5 Å². The third-order valence-corrected chi connectivity index (χ3v) is 6.44. The molecule has 0 spiro atoms. The minimum atomic E-state index is -0.272. The molecule has 3 rings (SSSR count). The molecule has 0 bridgehead atoms. The molecule has 0 aliphatic carbocycles. The van der Waals surface area contributed by atoms with E-state index in [9.17, 15) is 14.4 Å². The van der Waals surface area contributed by atoms with E-state index in [1.807, 2.05) is 0 Å². The topological polar surface area (TPSA) is 54.5 Å². The van der Waals surface area contributed by atoms with Crippen LogP contribution in [0.2, 0.25) is 0 Å². The maximum absolute atomic E-state index is 12.2. The SMILES string of the molecule is O=C(CCN1C(=O)c2ccccc2C1=O)C[S+]1CCCC1. The van der Waals surface area contributed by atoms with Crippen LogP contribution in [0.3, 0.4) is 0 Å². The number of imide groups is 1. The van der Waals surface area contributed by atoms with E-state index in [1.54, 1.807) is 24.3 Å². The normalized spacial score (nSPS) is 18.4. The van der Waals surface area contributed by atoms with Crippen molar-refractivity contribution in [3.63, 3.8) is 0 Å². The number of Topliss-reactive ketones (excluding diaryl/α,β-unsaturated/α-hetero) is 1. The Hall–Kier alpha value is -1.62. The second-order valence-electron chi connectivity index (χ2n) is 5.47. The van der Waals surface area contributed by atoms with Crippen LogP contribution >= 0.6 is 0 Å². The van der Waals surface area contributed by atoms with Crippen molar-refractivity contribution in [1.82, 2.24) is 4.90 Å². The molecule has 2 heterocycles. The molecule has 110 valence electrons. The van der Waals surface area contributed by atoms with Crippen molar-refractivity contribution >= 4 is 28.5 Å². The van der Waals surface area contributed by atoms with Crippen LogP contribution < -0.4 is 0 Å². The number of carbonyl (C=O) groups excluding carboxylic acids is 3. The van der Waals surface area contributed by atoms with Crippen molar-refractivity contribution in [3.8, 4) is 0 Å². The lowest BCUT2D eigenvalue weighted by molar-refractivity contribution is -0.116. The Kier molecular flexibility index (Phi) is 4.10. The third kappa shape index (κ3) is 2.88. The van der Waals surface area contributed by atoms with Crippen molar-refractivity contribution in [2.24, 2.45) is 0 Å². The molecule has 1 fully saturated rings. The number of carbonyl (C=O) groups is 3. The second kappa shape index (κ2) is 6.02. The summed E-state index contributed by atoms with van der Waals surface area (Å²) in [5.74, 6) is 2.59. The molecule has 0 unspecified atom stereocenters. The van der Waals surface area contributed by atoms with Crippen molar-refractivity contribution in [3.05, 3.63) is 35.4 Å². The molecule has 0 aromatic heterocycles. The number of benzene rings is 1. The summed E-state index contributed by atoms with van der Waals surface area (Å²) < 4.78 is 0. The Morgan fingerprint density at radius 2 is 1.62 bits per heavy atom. The van der Waals surface area contributed by atoms with Crippen LogP contribution in [0.15, 0.2) is 24.3 Å². The molecule has 2 aliphatic rings. The Morgan fingerprint density at radius 1 is 1.05 bits per heavy atom. The van der Waals surface area contributed by atoms with Crippen LogP contribution in [-0.4, -0.2) is 46.3 Å². The van der Waals surface area contributed by atoms with Gasteiger partial charge in [-0.15, -0.1) is 0 Å². The molecule has 2 amide bonds. The summed E-state index contributed by atoms with van der Waals surface area (Å²) in [7, 11) is 0.244. The van der Waals surface area contributed by atoms with Gasteiger partial charge in [0.1, 0.15) is 11.5 Å².